The van der Waals surface area contributed by atoms with Gasteiger partial charge in [-0.05, 0) is 23.8 Å². The number of amides is 2. The molecule has 134 valence electrons. The minimum Gasteiger partial charge on any atom is -0.408 e. The van der Waals surface area contributed by atoms with E-state index in [1.807, 2.05) is 12.1 Å². The van der Waals surface area contributed by atoms with Gasteiger partial charge in [-0.3, -0.25) is 14.2 Å². The van der Waals surface area contributed by atoms with Crippen LogP contribution in [0.25, 0.3) is 11.1 Å². The molecular weight excluding hydrogens is 334 g/mol. The fourth-order valence-corrected chi connectivity index (χ4v) is 2.64. The molecule has 0 aliphatic heterocycles. The summed E-state index contributed by atoms with van der Waals surface area (Å²) in [5.41, 5.74) is 2.42. The minimum absolute atomic E-state index is 0.0671. The molecule has 7 heteroatoms. The summed E-state index contributed by atoms with van der Waals surface area (Å²) >= 11 is 0. The van der Waals surface area contributed by atoms with E-state index in [1.165, 1.54) is 11.5 Å². The first-order chi connectivity index (χ1) is 12.5. The van der Waals surface area contributed by atoms with Gasteiger partial charge >= 0.3 is 5.76 Å². The summed E-state index contributed by atoms with van der Waals surface area (Å²) in [4.78, 5) is 37.4. The molecule has 7 nitrogen and oxygen atoms in total. The highest BCUT2D eigenvalue weighted by Crippen LogP contribution is 2.17. The maximum Gasteiger partial charge on any atom is 0.420 e. The zero-order chi connectivity index (χ0) is 18.7. The van der Waals surface area contributed by atoms with Crippen molar-refractivity contribution < 1.29 is 14.0 Å². The van der Waals surface area contributed by atoms with Gasteiger partial charge in [0.1, 0.15) is 6.54 Å². The van der Waals surface area contributed by atoms with Gasteiger partial charge < -0.3 is 14.6 Å². The lowest BCUT2D eigenvalue weighted by molar-refractivity contribution is -0.128. The SMILES string of the molecule is CC(=O)N(C)Cc1ccccc1NC(=O)Cn1c(=O)oc2ccccc21. The number of carbonyl (C=O) groups excluding carboxylic acids is 2. The van der Waals surface area contributed by atoms with E-state index in [-0.39, 0.29) is 18.4 Å². The largest absolute Gasteiger partial charge is 0.420 e. The van der Waals surface area contributed by atoms with Crippen LogP contribution in [0.1, 0.15) is 12.5 Å². The van der Waals surface area contributed by atoms with E-state index < -0.39 is 5.76 Å². The first kappa shape index (κ1) is 17.5. The van der Waals surface area contributed by atoms with Gasteiger partial charge in [0.15, 0.2) is 5.58 Å². The molecule has 2 aromatic carbocycles. The van der Waals surface area contributed by atoms with E-state index in [0.29, 0.717) is 23.3 Å². The van der Waals surface area contributed by atoms with Gasteiger partial charge in [0.25, 0.3) is 0 Å². The monoisotopic (exact) mass is 353 g/mol. The van der Waals surface area contributed by atoms with Crippen LogP contribution >= 0.6 is 0 Å². The van der Waals surface area contributed by atoms with Gasteiger partial charge in [-0.25, -0.2) is 4.79 Å². The Morgan fingerprint density at radius 1 is 1.12 bits per heavy atom. The Morgan fingerprint density at radius 2 is 1.81 bits per heavy atom. The molecule has 0 atom stereocenters. The van der Waals surface area contributed by atoms with Gasteiger partial charge in [-0.15, -0.1) is 0 Å². The van der Waals surface area contributed by atoms with Crippen molar-refractivity contribution in [2.75, 3.05) is 12.4 Å². The second-order valence-electron chi connectivity index (χ2n) is 6.00. The first-order valence-corrected chi connectivity index (χ1v) is 8.13. The fraction of sp³-hybridized carbons (Fsp3) is 0.211. The smallest absolute Gasteiger partial charge is 0.408 e. The molecule has 1 aromatic heterocycles. The van der Waals surface area contributed by atoms with Crippen LogP contribution in [-0.2, 0) is 22.7 Å². The number of carbonyl (C=O) groups is 2. The third kappa shape index (κ3) is 3.66. The van der Waals surface area contributed by atoms with Crippen molar-refractivity contribution in [1.29, 1.82) is 0 Å². The molecular formula is C19H19N3O4. The van der Waals surface area contributed by atoms with Crippen LogP contribution in [0.4, 0.5) is 5.69 Å². The predicted molar refractivity (Wildman–Crippen MR) is 97.7 cm³/mol. The summed E-state index contributed by atoms with van der Waals surface area (Å²) in [6, 6.07) is 14.2. The van der Waals surface area contributed by atoms with Crippen molar-refractivity contribution in [3.63, 3.8) is 0 Å². The number of anilines is 1. The van der Waals surface area contributed by atoms with Crippen molar-refractivity contribution in [3.8, 4) is 0 Å². The highest BCUT2D eigenvalue weighted by atomic mass is 16.4. The fourth-order valence-electron chi connectivity index (χ4n) is 2.64. The number of fused-ring (bicyclic) bond motifs is 1. The summed E-state index contributed by atoms with van der Waals surface area (Å²) < 4.78 is 6.42. The number of nitrogens with zero attached hydrogens (tertiary/aromatic N) is 2. The van der Waals surface area contributed by atoms with E-state index in [4.69, 9.17) is 4.42 Å². The predicted octanol–water partition coefficient (Wildman–Crippen LogP) is 2.21. The molecule has 3 aromatic rings. The average Bonchev–Trinajstić information content (AvgIpc) is 2.92. The molecule has 0 unspecified atom stereocenters. The second kappa shape index (κ2) is 7.26. The highest BCUT2D eigenvalue weighted by molar-refractivity contribution is 5.92. The van der Waals surface area contributed by atoms with Gasteiger partial charge in [0.2, 0.25) is 11.8 Å². The number of oxazole rings is 1. The van der Waals surface area contributed by atoms with Crippen LogP contribution in [0.5, 0.6) is 0 Å². The van der Waals surface area contributed by atoms with Gasteiger partial charge in [-0.1, -0.05) is 30.3 Å². The Morgan fingerprint density at radius 3 is 2.58 bits per heavy atom. The Kier molecular flexibility index (Phi) is 4.88. The van der Waals surface area contributed by atoms with Crippen molar-refractivity contribution in [2.24, 2.45) is 0 Å². The summed E-state index contributed by atoms with van der Waals surface area (Å²) in [6.07, 6.45) is 0. The molecule has 1 heterocycles. The van der Waals surface area contributed by atoms with E-state index in [9.17, 15) is 14.4 Å². The first-order valence-electron chi connectivity index (χ1n) is 8.13. The van der Waals surface area contributed by atoms with Crippen molar-refractivity contribution in [2.45, 2.75) is 20.0 Å². The van der Waals surface area contributed by atoms with Gasteiger partial charge in [0, 0.05) is 26.2 Å². The van der Waals surface area contributed by atoms with Crippen LogP contribution in [0.2, 0.25) is 0 Å². The number of hydrogen-bond donors (Lipinski definition) is 1. The van der Waals surface area contributed by atoms with Crippen molar-refractivity contribution in [1.82, 2.24) is 9.47 Å². The molecule has 2 amide bonds. The lowest BCUT2D eigenvalue weighted by Crippen LogP contribution is -2.26. The Hall–Kier alpha value is -3.35. The molecule has 0 aliphatic carbocycles. The molecule has 3 rings (SSSR count). The lowest BCUT2D eigenvalue weighted by atomic mass is 10.1. The van der Waals surface area contributed by atoms with Crippen LogP contribution < -0.4 is 11.1 Å². The number of benzene rings is 2. The Labute approximate surface area is 149 Å². The number of para-hydroxylation sites is 3. The molecule has 0 fully saturated rings. The van der Waals surface area contributed by atoms with Crippen molar-refractivity contribution in [3.05, 3.63) is 64.6 Å². The lowest BCUT2D eigenvalue weighted by Gasteiger charge is -2.18. The normalized spacial score (nSPS) is 10.7. The van der Waals surface area contributed by atoms with Crippen LogP contribution in [-0.4, -0.2) is 28.3 Å². The maximum atomic E-state index is 12.5. The van der Waals surface area contributed by atoms with Crippen LogP contribution in [0, 0.1) is 0 Å². The van der Waals surface area contributed by atoms with Crippen molar-refractivity contribution >= 4 is 28.6 Å². The molecule has 0 aliphatic rings. The average molecular weight is 353 g/mol. The third-order valence-electron chi connectivity index (χ3n) is 4.11. The Bertz CT molecular complexity index is 1020. The van der Waals surface area contributed by atoms with E-state index in [1.54, 1.807) is 48.3 Å². The molecule has 0 radical (unpaired) electrons. The molecule has 0 spiro atoms. The molecule has 1 N–H and O–H groups in total. The number of rotatable bonds is 5. The van der Waals surface area contributed by atoms with Crippen LogP contribution in [0.15, 0.2) is 57.7 Å². The molecule has 0 bridgehead atoms. The summed E-state index contributed by atoms with van der Waals surface area (Å²) in [6.45, 7) is 1.70. The van der Waals surface area contributed by atoms with Gasteiger partial charge in [-0.2, -0.15) is 0 Å². The second-order valence-corrected chi connectivity index (χ2v) is 6.00. The zero-order valence-electron chi connectivity index (χ0n) is 14.6. The summed E-state index contributed by atoms with van der Waals surface area (Å²) in [5.74, 6) is -0.995. The quantitative estimate of drug-likeness (QED) is 0.762. The molecule has 26 heavy (non-hydrogen) atoms. The minimum atomic E-state index is -0.578. The highest BCUT2D eigenvalue weighted by Gasteiger charge is 2.14. The van der Waals surface area contributed by atoms with Crippen LogP contribution in [0.3, 0.4) is 0 Å². The summed E-state index contributed by atoms with van der Waals surface area (Å²) in [5, 5.41) is 2.81. The van der Waals surface area contributed by atoms with E-state index >= 15 is 0 Å². The number of aromatic nitrogens is 1. The number of hydrogen-bond acceptors (Lipinski definition) is 4. The van der Waals surface area contributed by atoms with E-state index in [0.717, 1.165) is 5.56 Å². The number of nitrogens with one attached hydrogen (secondary N) is 1. The topological polar surface area (TPSA) is 84.5 Å². The molecule has 0 saturated carbocycles. The zero-order valence-corrected chi connectivity index (χ0v) is 14.6. The van der Waals surface area contributed by atoms with Gasteiger partial charge in [0.05, 0.1) is 5.52 Å². The standard InChI is InChI=1S/C19H19N3O4/c1-13(23)21(2)11-14-7-3-4-8-15(14)20-18(24)12-22-16-9-5-6-10-17(16)26-19(22)25/h3-10H,11-12H2,1-2H3,(H,20,24). The Balaban J connectivity index is 1.79. The van der Waals surface area contributed by atoms with E-state index in [2.05, 4.69) is 5.32 Å². The maximum absolute atomic E-state index is 12.5. The third-order valence-corrected chi connectivity index (χ3v) is 4.11. The summed E-state index contributed by atoms with van der Waals surface area (Å²) in [7, 11) is 1.69. The molecule has 0 saturated heterocycles.